The van der Waals surface area contributed by atoms with Gasteiger partial charge in [-0.2, -0.15) is 0 Å². The maximum absolute atomic E-state index is 11.3. The average Bonchev–Trinajstić information content (AvgIpc) is 2.31. The van der Waals surface area contributed by atoms with Gasteiger partial charge in [-0.15, -0.1) is 0 Å². The van der Waals surface area contributed by atoms with Gasteiger partial charge in [0.15, 0.2) is 0 Å². The minimum Gasteiger partial charge on any atom is -0.478 e. The van der Waals surface area contributed by atoms with Gasteiger partial charge in [-0.3, -0.25) is 0 Å². The predicted octanol–water partition coefficient (Wildman–Crippen LogP) is 4.32. The number of carbonyl (C=O) groups is 1. The third-order valence-corrected chi connectivity index (χ3v) is 3.23. The maximum Gasteiger partial charge on any atom is 0.337 e. The molecule has 0 unspecified atom stereocenters. The summed E-state index contributed by atoms with van der Waals surface area (Å²) in [5.74, 6) is -1.00. The standard InChI is InChI=1S/C15H13ClO2/c1-9-6-7-10(2)12(8-9)11-4-3-5-13(16)14(11)15(17)18/h3-8H,1-2H3,(H,17,18). The largest absolute Gasteiger partial charge is 0.478 e. The molecule has 0 aliphatic rings. The number of aromatic carboxylic acids is 1. The summed E-state index contributed by atoms with van der Waals surface area (Å²) in [7, 11) is 0. The van der Waals surface area contributed by atoms with Gasteiger partial charge in [0.25, 0.3) is 0 Å². The Labute approximate surface area is 111 Å². The molecule has 0 radical (unpaired) electrons. The van der Waals surface area contributed by atoms with E-state index in [-0.39, 0.29) is 10.6 Å². The van der Waals surface area contributed by atoms with Crippen LogP contribution in [0.5, 0.6) is 0 Å². The van der Waals surface area contributed by atoms with Crippen LogP contribution in [0.15, 0.2) is 36.4 Å². The zero-order valence-electron chi connectivity index (χ0n) is 10.2. The number of halogens is 1. The van der Waals surface area contributed by atoms with E-state index >= 15 is 0 Å². The number of hydrogen-bond donors (Lipinski definition) is 1. The molecule has 0 aliphatic heterocycles. The van der Waals surface area contributed by atoms with Crippen molar-refractivity contribution in [3.63, 3.8) is 0 Å². The fraction of sp³-hybridized carbons (Fsp3) is 0.133. The average molecular weight is 261 g/mol. The van der Waals surface area contributed by atoms with Crippen molar-refractivity contribution in [3.05, 3.63) is 58.1 Å². The van der Waals surface area contributed by atoms with Crippen molar-refractivity contribution >= 4 is 17.6 Å². The van der Waals surface area contributed by atoms with E-state index in [4.69, 9.17) is 11.6 Å². The Morgan fingerprint density at radius 1 is 1.11 bits per heavy atom. The quantitative estimate of drug-likeness (QED) is 0.873. The molecule has 18 heavy (non-hydrogen) atoms. The molecule has 0 amide bonds. The van der Waals surface area contributed by atoms with Crippen molar-refractivity contribution in [1.82, 2.24) is 0 Å². The molecule has 0 heterocycles. The summed E-state index contributed by atoms with van der Waals surface area (Å²) in [6.45, 7) is 3.94. The monoisotopic (exact) mass is 260 g/mol. The van der Waals surface area contributed by atoms with Crippen molar-refractivity contribution in [2.75, 3.05) is 0 Å². The number of rotatable bonds is 2. The van der Waals surface area contributed by atoms with Crippen LogP contribution in [-0.2, 0) is 0 Å². The van der Waals surface area contributed by atoms with Crippen LogP contribution >= 0.6 is 11.6 Å². The number of carboxylic acids is 1. The lowest BCUT2D eigenvalue weighted by atomic mass is 9.94. The third-order valence-electron chi connectivity index (χ3n) is 2.91. The summed E-state index contributed by atoms with van der Waals surface area (Å²) >= 11 is 5.99. The lowest BCUT2D eigenvalue weighted by Crippen LogP contribution is -2.01. The zero-order valence-corrected chi connectivity index (χ0v) is 11.0. The first-order valence-electron chi connectivity index (χ1n) is 5.60. The second-order valence-electron chi connectivity index (χ2n) is 4.29. The van der Waals surface area contributed by atoms with Gasteiger partial charge in [0, 0.05) is 0 Å². The van der Waals surface area contributed by atoms with Crippen LogP contribution in [0.4, 0.5) is 0 Å². The number of carboxylic acid groups (broad SMARTS) is 1. The van der Waals surface area contributed by atoms with Crippen LogP contribution < -0.4 is 0 Å². The molecule has 0 saturated carbocycles. The van der Waals surface area contributed by atoms with Gasteiger partial charge in [0.2, 0.25) is 0 Å². The topological polar surface area (TPSA) is 37.3 Å². The molecule has 2 aromatic carbocycles. The van der Waals surface area contributed by atoms with Crippen molar-refractivity contribution in [1.29, 1.82) is 0 Å². The van der Waals surface area contributed by atoms with E-state index in [1.807, 2.05) is 32.0 Å². The van der Waals surface area contributed by atoms with E-state index in [2.05, 4.69) is 0 Å². The highest BCUT2D eigenvalue weighted by Crippen LogP contribution is 2.31. The van der Waals surface area contributed by atoms with E-state index in [1.54, 1.807) is 18.2 Å². The molecule has 0 spiro atoms. The van der Waals surface area contributed by atoms with E-state index in [9.17, 15) is 9.90 Å². The second-order valence-corrected chi connectivity index (χ2v) is 4.69. The lowest BCUT2D eigenvalue weighted by Gasteiger charge is -2.11. The van der Waals surface area contributed by atoms with Gasteiger partial charge in [-0.25, -0.2) is 4.79 Å². The number of benzene rings is 2. The predicted molar refractivity (Wildman–Crippen MR) is 73.3 cm³/mol. The molecule has 0 aliphatic carbocycles. The molecule has 0 saturated heterocycles. The van der Waals surface area contributed by atoms with Crippen molar-refractivity contribution in [2.24, 2.45) is 0 Å². The molecular weight excluding hydrogens is 248 g/mol. The Kier molecular flexibility index (Phi) is 3.39. The van der Waals surface area contributed by atoms with Crippen LogP contribution in [0, 0.1) is 13.8 Å². The molecule has 0 bridgehead atoms. The fourth-order valence-corrected chi connectivity index (χ4v) is 2.25. The SMILES string of the molecule is Cc1ccc(C)c(-c2cccc(Cl)c2C(=O)O)c1. The molecule has 0 fully saturated rings. The van der Waals surface area contributed by atoms with Gasteiger partial charge in [-0.05, 0) is 36.6 Å². The first-order chi connectivity index (χ1) is 8.50. The molecule has 92 valence electrons. The Balaban J connectivity index is 2.75. The summed E-state index contributed by atoms with van der Waals surface area (Å²) in [6, 6.07) is 11.1. The highest BCUT2D eigenvalue weighted by atomic mass is 35.5. The van der Waals surface area contributed by atoms with E-state index in [0.717, 1.165) is 16.7 Å². The molecular formula is C15H13ClO2. The van der Waals surface area contributed by atoms with Crippen LogP contribution in [0.3, 0.4) is 0 Å². The highest BCUT2D eigenvalue weighted by Gasteiger charge is 2.16. The molecule has 2 rings (SSSR count). The number of aryl methyl sites for hydroxylation is 2. The van der Waals surface area contributed by atoms with Gasteiger partial charge in [0.1, 0.15) is 0 Å². The van der Waals surface area contributed by atoms with E-state index in [0.29, 0.717) is 5.56 Å². The van der Waals surface area contributed by atoms with Crippen LogP contribution in [0.2, 0.25) is 5.02 Å². The normalized spacial score (nSPS) is 10.4. The second kappa shape index (κ2) is 4.83. The summed E-state index contributed by atoms with van der Waals surface area (Å²) in [5, 5.41) is 9.55. The van der Waals surface area contributed by atoms with E-state index < -0.39 is 5.97 Å². The maximum atomic E-state index is 11.3. The summed E-state index contributed by atoms with van der Waals surface area (Å²) in [4.78, 5) is 11.3. The van der Waals surface area contributed by atoms with Gasteiger partial charge in [0.05, 0.1) is 10.6 Å². The summed E-state index contributed by atoms with van der Waals surface area (Å²) in [6.07, 6.45) is 0. The Bertz CT molecular complexity index is 618. The van der Waals surface area contributed by atoms with E-state index in [1.165, 1.54) is 0 Å². The van der Waals surface area contributed by atoms with Crippen molar-refractivity contribution < 1.29 is 9.90 Å². The molecule has 1 N–H and O–H groups in total. The van der Waals surface area contributed by atoms with Crippen LogP contribution in [0.25, 0.3) is 11.1 Å². The van der Waals surface area contributed by atoms with Crippen LogP contribution in [-0.4, -0.2) is 11.1 Å². The first kappa shape index (κ1) is 12.7. The molecule has 2 nitrogen and oxygen atoms in total. The van der Waals surface area contributed by atoms with Crippen molar-refractivity contribution in [2.45, 2.75) is 13.8 Å². The zero-order chi connectivity index (χ0) is 13.3. The molecule has 3 heteroatoms. The molecule has 0 aromatic heterocycles. The highest BCUT2D eigenvalue weighted by molar-refractivity contribution is 6.34. The Morgan fingerprint density at radius 2 is 1.83 bits per heavy atom. The number of hydrogen-bond acceptors (Lipinski definition) is 1. The summed E-state index contributed by atoms with van der Waals surface area (Å²) in [5.41, 5.74) is 3.86. The van der Waals surface area contributed by atoms with Gasteiger partial charge in [-0.1, -0.05) is 47.5 Å². The van der Waals surface area contributed by atoms with Gasteiger partial charge < -0.3 is 5.11 Å². The smallest absolute Gasteiger partial charge is 0.337 e. The minimum absolute atomic E-state index is 0.160. The fourth-order valence-electron chi connectivity index (χ4n) is 1.99. The molecule has 2 aromatic rings. The van der Waals surface area contributed by atoms with Gasteiger partial charge >= 0.3 is 5.97 Å². The Hall–Kier alpha value is -1.80. The minimum atomic E-state index is -1.00. The first-order valence-corrected chi connectivity index (χ1v) is 5.98. The Morgan fingerprint density at radius 3 is 2.50 bits per heavy atom. The lowest BCUT2D eigenvalue weighted by molar-refractivity contribution is 0.0698. The van der Waals surface area contributed by atoms with Crippen LogP contribution in [0.1, 0.15) is 21.5 Å². The third kappa shape index (κ3) is 2.24. The summed E-state index contributed by atoms with van der Waals surface area (Å²) < 4.78 is 0. The van der Waals surface area contributed by atoms with Crippen molar-refractivity contribution in [3.8, 4) is 11.1 Å². The molecule has 0 atom stereocenters.